The molecular formula is C10H24ClNO. The summed E-state index contributed by atoms with van der Waals surface area (Å²) in [5.41, 5.74) is 1.17. The first-order valence-electron chi connectivity index (χ1n) is 4.21. The summed E-state index contributed by atoms with van der Waals surface area (Å²) in [4.78, 5) is 0. The van der Waals surface area contributed by atoms with Gasteiger partial charge in [-0.3, -0.25) is 0 Å². The molecule has 0 bridgehead atoms. The van der Waals surface area contributed by atoms with E-state index in [0.29, 0.717) is 0 Å². The number of methoxy groups -OCH3 is 1. The van der Waals surface area contributed by atoms with Gasteiger partial charge in [0.1, 0.15) is 6.54 Å². The Morgan fingerprint density at radius 1 is 1.23 bits per heavy atom. The third kappa shape index (κ3) is 48.3. The quantitative estimate of drug-likeness (QED) is 0.425. The third-order valence-electron chi connectivity index (χ3n) is 0.966. The molecule has 0 rings (SSSR count). The smallest absolute Gasteiger partial charge is 0.102 e. The Morgan fingerprint density at radius 3 is 1.62 bits per heavy atom. The first-order valence-corrected chi connectivity index (χ1v) is 4.21. The van der Waals surface area contributed by atoms with Crippen molar-refractivity contribution in [2.24, 2.45) is 0 Å². The zero-order valence-corrected chi connectivity index (χ0v) is 10.6. The summed E-state index contributed by atoms with van der Waals surface area (Å²) in [7, 11) is 8.19. The highest BCUT2D eigenvalue weighted by Gasteiger charge is 2.03. The summed E-state index contributed by atoms with van der Waals surface area (Å²) >= 11 is 0. The van der Waals surface area contributed by atoms with Crippen molar-refractivity contribution in [1.29, 1.82) is 0 Å². The molecule has 0 saturated heterocycles. The minimum atomic E-state index is 0. The number of quaternary nitrogens is 1. The van der Waals surface area contributed by atoms with Crippen molar-refractivity contribution in [2.45, 2.75) is 13.8 Å². The van der Waals surface area contributed by atoms with Gasteiger partial charge in [0.25, 0.3) is 0 Å². The summed E-state index contributed by atoms with van der Waals surface area (Å²) < 4.78 is 5.88. The fourth-order valence-electron chi connectivity index (χ4n) is 0.365. The van der Waals surface area contributed by atoms with Crippen LogP contribution in [0.5, 0.6) is 0 Å². The van der Waals surface area contributed by atoms with E-state index in [1.165, 1.54) is 5.57 Å². The summed E-state index contributed by atoms with van der Waals surface area (Å²) in [5.74, 6) is 0. The van der Waals surface area contributed by atoms with E-state index in [1.54, 1.807) is 7.11 Å². The summed E-state index contributed by atoms with van der Waals surface area (Å²) in [6.07, 6.45) is 0. The second-order valence-corrected chi connectivity index (χ2v) is 4.21. The van der Waals surface area contributed by atoms with Gasteiger partial charge in [-0.25, -0.2) is 0 Å². The average molecular weight is 210 g/mol. The largest absolute Gasteiger partial charge is 1.00 e. The van der Waals surface area contributed by atoms with Crippen molar-refractivity contribution in [3.8, 4) is 0 Å². The Bertz CT molecular complexity index is 115. The Hall–Kier alpha value is -0.0500. The fraction of sp³-hybridized carbons (Fsp3) is 0.800. The topological polar surface area (TPSA) is 9.23 Å². The molecule has 0 aliphatic carbocycles. The summed E-state index contributed by atoms with van der Waals surface area (Å²) in [5, 5.41) is 0. The van der Waals surface area contributed by atoms with Crippen LogP contribution in [0.1, 0.15) is 13.8 Å². The van der Waals surface area contributed by atoms with E-state index in [2.05, 4.69) is 27.7 Å². The van der Waals surface area contributed by atoms with Crippen LogP contribution in [0.4, 0.5) is 0 Å². The molecule has 0 saturated carbocycles. The van der Waals surface area contributed by atoms with Gasteiger partial charge in [-0.05, 0) is 13.8 Å². The Labute approximate surface area is 89.6 Å². The second-order valence-electron chi connectivity index (χ2n) is 4.21. The van der Waals surface area contributed by atoms with Gasteiger partial charge in [-0.2, -0.15) is 0 Å². The van der Waals surface area contributed by atoms with Crippen LogP contribution >= 0.6 is 0 Å². The monoisotopic (exact) mass is 209 g/mol. The number of halogens is 1. The van der Waals surface area contributed by atoms with Gasteiger partial charge in [0, 0.05) is 7.11 Å². The molecule has 0 fully saturated rings. The molecule has 0 aliphatic rings. The van der Waals surface area contributed by atoms with Crippen molar-refractivity contribution in [1.82, 2.24) is 0 Å². The number of ether oxygens (including phenoxy) is 1. The number of likely N-dealkylation sites (N-methyl/N-ethyl adjacent to an activating group) is 1. The zero-order chi connectivity index (χ0) is 10.2. The normalized spacial score (nSPS) is 9.38. The zero-order valence-electron chi connectivity index (χ0n) is 9.85. The molecule has 0 aromatic heterocycles. The lowest BCUT2D eigenvalue weighted by Gasteiger charge is -2.22. The lowest BCUT2D eigenvalue weighted by Crippen LogP contribution is -3.00. The molecule has 82 valence electrons. The fourth-order valence-corrected chi connectivity index (χ4v) is 0.365. The Kier molecular flexibility index (Phi) is 14.4. The van der Waals surface area contributed by atoms with Crippen LogP contribution in [-0.2, 0) is 4.74 Å². The number of hydrogen-bond acceptors (Lipinski definition) is 1. The number of nitrogens with zero attached hydrogens (tertiary/aromatic N) is 1. The van der Waals surface area contributed by atoms with Crippen LogP contribution in [0.2, 0.25) is 0 Å². The van der Waals surface area contributed by atoms with Gasteiger partial charge in [0.2, 0.25) is 0 Å². The third-order valence-corrected chi connectivity index (χ3v) is 0.966. The van der Waals surface area contributed by atoms with Crippen molar-refractivity contribution < 1.29 is 21.6 Å². The van der Waals surface area contributed by atoms with E-state index in [-0.39, 0.29) is 12.4 Å². The van der Waals surface area contributed by atoms with Crippen molar-refractivity contribution in [2.75, 3.05) is 41.4 Å². The predicted molar refractivity (Wildman–Crippen MR) is 55.3 cm³/mol. The molecule has 0 N–H and O–H groups in total. The van der Waals surface area contributed by atoms with E-state index < -0.39 is 0 Å². The lowest BCUT2D eigenvalue weighted by atomic mass is 10.4. The molecule has 0 amide bonds. The van der Waals surface area contributed by atoms with E-state index >= 15 is 0 Å². The molecule has 2 nitrogen and oxygen atoms in total. The van der Waals surface area contributed by atoms with Gasteiger partial charge < -0.3 is 21.6 Å². The minimum Gasteiger partial charge on any atom is -1.00 e. The Balaban J connectivity index is -0.000000173. The molecule has 3 heteroatoms. The molecule has 0 aromatic carbocycles. The predicted octanol–water partition coefficient (Wildman–Crippen LogP) is -1.07. The van der Waals surface area contributed by atoms with Crippen LogP contribution < -0.4 is 12.4 Å². The highest BCUT2D eigenvalue weighted by atomic mass is 35.5. The van der Waals surface area contributed by atoms with Crippen LogP contribution in [0.25, 0.3) is 0 Å². The van der Waals surface area contributed by atoms with E-state index in [4.69, 9.17) is 4.74 Å². The van der Waals surface area contributed by atoms with Gasteiger partial charge >= 0.3 is 0 Å². The maximum atomic E-state index is 4.90. The SMILES string of the molecule is C=C(C)C.COCC[N+](C)(C)C.[Cl-]. The molecule has 13 heavy (non-hydrogen) atoms. The highest BCUT2D eigenvalue weighted by molar-refractivity contribution is 4.78. The molecular weight excluding hydrogens is 186 g/mol. The van der Waals surface area contributed by atoms with E-state index in [9.17, 15) is 0 Å². The van der Waals surface area contributed by atoms with Crippen molar-refractivity contribution in [3.05, 3.63) is 12.2 Å². The van der Waals surface area contributed by atoms with Crippen molar-refractivity contribution >= 4 is 0 Å². The van der Waals surface area contributed by atoms with Crippen LogP contribution in [0.3, 0.4) is 0 Å². The van der Waals surface area contributed by atoms with Gasteiger partial charge in [-0.1, -0.05) is 5.57 Å². The molecule has 0 aromatic rings. The highest BCUT2D eigenvalue weighted by Crippen LogP contribution is 1.87. The number of hydrogen-bond donors (Lipinski definition) is 0. The molecule has 0 heterocycles. The van der Waals surface area contributed by atoms with Gasteiger partial charge in [-0.15, -0.1) is 6.58 Å². The second kappa shape index (κ2) is 10.0. The standard InChI is InChI=1S/C6H16NO.C4H8.ClH/c1-7(2,3)5-6-8-4;1-4(2)3;/h5-6H2,1-4H3;1H2,2-3H3;1H/q+1;;/p-1. The molecule has 0 atom stereocenters. The lowest BCUT2D eigenvalue weighted by molar-refractivity contribution is -0.870. The van der Waals surface area contributed by atoms with E-state index in [0.717, 1.165) is 17.6 Å². The number of allylic oxidation sites excluding steroid dienone is 1. The molecule has 0 unspecified atom stereocenters. The van der Waals surface area contributed by atoms with Gasteiger partial charge in [0.05, 0.1) is 27.7 Å². The van der Waals surface area contributed by atoms with Crippen LogP contribution in [0.15, 0.2) is 12.2 Å². The Morgan fingerprint density at radius 2 is 1.54 bits per heavy atom. The van der Waals surface area contributed by atoms with E-state index in [1.807, 2.05) is 13.8 Å². The summed E-state index contributed by atoms with van der Waals surface area (Å²) in [6.45, 7) is 9.43. The molecule has 0 radical (unpaired) electrons. The molecule has 0 spiro atoms. The summed E-state index contributed by atoms with van der Waals surface area (Å²) in [6, 6.07) is 0. The molecule has 0 aliphatic heterocycles. The first-order chi connectivity index (χ1) is 5.29. The maximum absolute atomic E-state index is 4.90. The minimum absolute atomic E-state index is 0. The maximum Gasteiger partial charge on any atom is 0.102 e. The average Bonchev–Trinajstić information content (AvgIpc) is 1.80. The van der Waals surface area contributed by atoms with Crippen LogP contribution in [-0.4, -0.2) is 45.9 Å². The first kappa shape index (κ1) is 18.7. The number of rotatable bonds is 3. The van der Waals surface area contributed by atoms with Crippen molar-refractivity contribution in [3.63, 3.8) is 0 Å². The van der Waals surface area contributed by atoms with Gasteiger partial charge in [0.15, 0.2) is 0 Å². The van der Waals surface area contributed by atoms with Crippen LogP contribution in [0, 0.1) is 0 Å².